The lowest BCUT2D eigenvalue weighted by Gasteiger charge is -2.16. The number of amides is 1. The van der Waals surface area contributed by atoms with Crippen molar-refractivity contribution in [3.05, 3.63) is 57.3 Å². The summed E-state index contributed by atoms with van der Waals surface area (Å²) in [5.74, 6) is -0.868. The summed E-state index contributed by atoms with van der Waals surface area (Å²) in [6.45, 7) is 1.16. The number of rotatable bonds is 3. The van der Waals surface area contributed by atoms with Gasteiger partial charge >= 0.3 is 5.97 Å². The van der Waals surface area contributed by atoms with Gasteiger partial charge in [0.2, 0.25) is 6.79 Å². The molecule has 0 saturated heterocycles. The average Bonchev–Trinajstić information content (AvgIpc) is 3.15. The zero-order chi connectivity index (χ0) is 20.7. The fraction of sp³-hybridized carbons (Fsp3) is 0.150. The van der Waals surface area contributed by atoms with Gasteiger partial charge < -0.3 is 24.1 Å². The number of anilines is 1. The van der Waals surface area contributed by atoms with Gasteiger partial charge in [0, 0.05) is 24.7 Å². The van der Waals surface area contributed by atoms with Crippen LogP contribution in [0.15, 0.2) is 41.2 Å². The molecule has 0 bridgehead atoms. The maximum atomic E-state index is 13.0. The number of carbonyl (C=O) groups is 2. The number of aryl methyl sites for hydroxylation is 1. The Morgan fingerprint density at radius 1 is 1.14 bits per heavy atom. The number of pyridine rings is 1. The third-order valence-electron chi connectivity index (χ3n) is 4.43. The quantitative estimate of drug-likeness (QED) is 0.661. The molecule has 1 N–H and O–H groups in total. The number of carbonyl (C=O) groups excluding carboxylic acids is 2. The Morgan fingerprint density at radius 3 is 2.55 bits per heavy atom. The molecular formula is C20H15ClN2O6. The number of hydrogen-bond acceptors (Lipinski definition) is 6. The molecule has 0 atom stereocenters. The van der Waals surface area contributed by atoms with Gasteiger partial charge in [0.25, 0.3) is 11.5 Å². The highest BCUT2D eigenvalue weighted by Gasteiger charge is 2.29. The van der Waals surface area contributed by atoms with E-state index in [-0.39, 0.29) is 18.1 Å². The zero-order valence-electron chi connectivity index (χ0n) is 15.4. The first-order valence-corrected chi connectivity index (χ1v) is 8.95. The third-order valence-corrected chi connectivity index (χ3v) is 4.68. The highest BCUT2D eigenvalue weighted by Crippen LogP contribution is 2.44. The van der Waals surface area contributed by atoms with E-state index in [9.17, 15) is 14.4 Å². The van der Waals surface area contributed by atoms with Crippen LogP contribution in [0.4, 0.5) is 5.69 Å². The molecular weight excluding hydrogens is 400 g/mol. The molecule has 148 valence electrons. The molecule has 0 saturated carbocycles. The summed E-state index contributed by atoms with van der Waals surface area (Å²) < 4.78 is 17.5. The molecule has 1 aliphatic heterocycles. The summed E-state index contributed by atoms with van der Waals surface area (Å²) in [5.41, 5.74) is -0.0973. The standard InChI is InChI=1S/C20H15ClN2O6/c1-10(24)29-18-15-13(7-8-14-17(15)28-9-27-14)23(2)20(26)16(18)19(25)22-12-5-3-11(21)4-6-12/h3-8H,9H2,1-2H3,(H,22,25). The van der Waals surface area contributed by atoms with Crippen molar-refractivity contribution in [3.63, 3.8) is 0 Å². The smallest absolute Gasteiger partial charge is 0.308 e. The number of hydrogen-bond donors (Lipinski definition) is 1. The molecule has 1 aliphatic rings. The predicted octanol–water partition coefficient (Wildman–Crippen LogP) is 3.10. The van der Waals surface area contributed by atoms with E-state index in [1.165, 1.54) is 18.5 Å². The van der Waals surface area contributed by atoms with Crippen LogP contribution < -0.4 is 25.1 Å². The lowest BCUT2D eigenvalue weighted by molar-refractivity contribution is -0.131. The number of nitrogens with one attached hydrogen (secondary N) is 1. The van der Waals surface area contributed by atoms with Gasteiger partial charge in [-0.05, 0) is 36.4 Å². The number of benzene rings is 2. The molecule has 0 unspecified atom stereocenters. The van der Waals surface area contributed by atoms with Gasteiger partial charge in [0.15, 0.2) is 17.2 Å². The maximum Gasteiger partial charge on any atom is 0.308 e. The molecule has 9 heteroatoms. The van der Waals surface area contributed by atoms with Crippen molar-refractivity contribution in [3.8, 4) is 17.2 Å². The monoisotopic (exact) mass is 414 g/mol. The molecule has 8 nitrogen and oxygen atoms in total. The number of fused-ring (bicyclic) bond motifs is 3. The second kappa shape index (κ2) is 7.14. The van der Waals surface area contributed by atoms with Crippen LogP contribution in [-0.4, -0.2) is 23.2 Å². The molecule has 3 aromatic rings. The highest BCUT2D eigenvalue weighted by molar-refractivity contribution is 6.30. The first-order chi connectivity index (χ1) is 13.9. The molecule has 0 spiro atoms. The van der Waals surface area contributed by atoms with E-state index in [0.717, 1.165) is 0 Å². The SMILES string of the molecule is CC(=O)Oc1c(C(=O)Nc2ccc(Cl)cc2)c(=O)n(C)c2ccc3c(c12)OCO3. The van der Waals surface area contributed by atoms with E-state index in [1.807, 2.05) is 0 Å². The van der Waals surface area contributed by atoms with E-state index >= 15 is 0 Å². The first kappa shape index (κ1) is 18.8. The predicted molar refractivity (Wildman–Crippen MR) is 106 cm³/mol. The van der Waals surface area contributed by atoms with Gasteiger partial charge in [0.05, 0.1) is 10.9 Å². The lowest BCUT2D eigenvalue weighted by atomic mass is 10.1. The first-order valence-electron chi connectivity index (χ1n) is 8.57. The minimum atomic E-state index is -0.734. The third kappa shape index (κ3) is 3.27. The van der Waals surface area contributed by atoms with Crippen LogP contribution in [0.2, 0.25) is 5.02 Å². The second-order valence-electron chi connectivity index (χ2n) is 6.32. The number of aromatic nitrogens is 1. The molecule has 2 aromatic carbocycles. The minimum Gasteiger partial charge on any atom is -0.454 e. The van der Waals surface area contributed by atoms with Crippen molar-refractivity contribution in [2.24, 2.45) is 7.05 Å². The van der Waals surface area contributed by atoms with Crippen LogP contribution in [0.3, 0.4) is 0 Å². The molecule has 4 rings (SSSR count). The minimum absolute atomic E-state index is 0.0247. The number of esters is 1. The van der Waals surface area contributed by atoms with Crippen LogP contribution in [0.5, 0.6) is 17.2 Å². The number of halogens is 1. The molecule has 0 fully saturated rings. The van der Waals surface area contributed by atoms with Gasteiger partial charge in [-0.2, -0.15) is 0 Å². The Kier molecular flexibility index (Phi) is 4.63. The average molecular weight is 415 g/mol. The van der Waals surface area contributed by atoms with E-state index in [1.54, 1.807) is 36.4 Å². The van der Waals surface area contributed by atoms with Gasteiger partial charge in [-0.25, -0.2) is 0 Å². The van der Waals surface area contributed by atoms with Crippen LogP contribution in [0.1, 0.15) is 17.3 Å². The zero-order valence-corrected chi connectivity index (χ0v) is 16.2. The topological polar surface area (TPSA) is 95.9 Å². The van der Waals surface area contributed by atoms with E-state index in [2.05, 4.69) is 5.32 Å². The molecule has 2 heterocycles. The van der Waals surface area contributed by atoms with E-state index in [4.69, 9.17) is 25.8 Å². The van der Waals surface area contributed by atoms with Crippen molar-refractivity contribution in [1.29, 1.82) is 0 Å². The summed E-state index contributed by atoms with van der Waals surface area (Å²) in [5, 5.41) is 3.43. The van der Waals surface area contributed by atoms with Crippen molar-refractivity contribution in [2.45, 2.75) is 6.92 Å². The van der Waals surface area contributed by atoms with Crippen LogP contribution in [0.25, 0.3) is 10.9 Å². The van der Waals surface area contributed by atoms with Gasteiger partial charge in [-0.1, -0.05) is 11.6 Å². The van der Waals surface area contributed by atoms with Gasteiger partial charge in [0.1, 0.15) is 5.56 Å². The van der Waals surface area contributed by atoms with Crippen molar-refractivity contribution in [1.82, 2.24) is 4.57 Å². The van der Waals surface area contributed by atoms with Gasteiger partial charge in [-0.3, -0.25) is 14.4 Å². The molecule has 0 radical (unpaired) electrons. The van der Waals surface area contributed by atoms with Crippen LogP contribution in [0, 0.1) is 0 Å². The summed E-state index contributed by atoms with van der Waals surface area (Å²) in [6.07, 6.45) is 0. The molecule has 29 heavy (non-hydrogen) atoms. The Labute approximate surface area is 169 Å². The van der Waals surface area contributed by atoms with Crippen molar-refractivity contribution in [2.75, 3.05) is 12.1 Å². The maximum absolute atomic E-state index is 13.0. The molecule has 0 aliphatic carbocycles. The second-order valence-corrected chi connectivity index (χ2v) is 6.75. The van der Waals surface area contributed by atoms with E-state index in [0.29, 0.717) is 33.1 Å². The Hall–Kier alpha value is -3.52. The fourth-order valence-corrected chi connectivity index (χ4v) is 3.26. The fourth-order valence-electron chi connectivity index (χ4n) is 3.13. The van der Waals surface area contributed by atoms with Crippen LogP contribution in [-0.2, 0) is 11.8 Å². The number of ether oxygens (including phenoxy) is 3. The summed E-state index contributed by atoms with van der Waals surface area (Å²) >= 11 is 5.86. The Balaban J connectivity index is 1.95. The summed E-state index contributed by atoms with van der Waals surface area (Å²) in [7, 11) is 1.52. The van der Waals surface area contributed by atoms with Crippen molar-refractivity contribution >= 4 is 40.1 Å². The Morgan fingerprint density at radius 2 is 1.86 bits per heavy atom. The molecule has 1 aromatic heterocycles. The lowest BCUT2D eigenvalue weighted by Crippen LogP contribution is -2.29. The van der Waals surface area contributed by atoms with Crippen LogP contribution >= 0.6 is 11.6 Å². The van der Waals surface area contributed by atoms with Gasteiger partial charge in [-0.15, -0.1) is 0 Å². The van der Waals surface area contributed by atoms with Crippen molar-refractivity contribution < 1.29 is 23.8 Å². The summed E-state index contributed by atoms with van der Waals surface area (Å²) in [4.78, 5) is 37.8. The molecule has 1 amide bonds. The normalized spacial score (nSPS) is 12.1. The highest BCUT2D eigenvalue weighted by atomic mass is 35.5. The number of nitrogens with zero attached hydrogens (tertiary/aromatic N) is 1. The Bertz CT molecular complexity index is 1220. The summed E-state index contributed by atoms with van der Waals surface area (Å²) in [6, 6.07) is 9.66. The van der Waals surface area contributed by atoms with E-state index < -0.39 is 17.4 Å². The largest absolute Gasteiger partial charge is 0.454 e.